The standard InChI is InChI=1S/C16H13ClN4O/c1-21-15(16(22)19-11-6-8-18-9-7-11)10-14(20-21)12-4-2-3-5-13(12)17/h2-10H,1H3,(H,18,19,22). The van der Waals surface area contributed by atoms with Crippen LogP contribution in [0.4, 0.5) is 5.69 Å². The minimum absolute atomic E-state index is 0.237. The second-order valence-electron chi connectivity index (χ2n) is 4.71. The number of nitrogens with zero attached hydrogens (tertiary/aromatic N) is 3. The Bertz CT molecular complexity index is 814. The molecule has 0 saturated carbocycles. The predicted octanol–water partition coefficient (Wildman–Crippen LogP) is 3.39. The Hall–Kier alpha value is -2.66. The largest absolute Gasteiger partial charge is 0.321 e. The summed E-state index contributed by atoms with van der Waals surface area (Å²) in [6.45, 7) is 0. The Balaban J connectivity index is 1.90. The third-order valence-corrected chi connectivity index (χ3v) is 3.53. The number of anilines is 1. The maximum absolute atomic E-state index is 12.3. The molecule has 3 aromatic rings. The molecule has 0 saturated heterocycles. The predicted molar refractivity (Wildman–Crippen MR) is 85.8 cm³/mol. The van der Waals surface area contributed by atoms with Crippen molar-refractivity contribution in [3.63, 3.8) is 0 Å². The number of halogens is 1. The van der Waals surface area contributed by atoms with Gasteiger partial charge in [-0.3, -0.25) is 14.5 Å². The summed E-state index contributed by atoms with van der Waals surface area (Å²) < 4.78 is 1.54. The van der Waals surface area contributed by atoms with Gasteiger partial charge in [-0.25, -0.2) is 0 Å². The molecule has 3 rings (SSSR count). The van der Waals surface area contributed by atoms with E-state index in [0.29, 0.717) is 22.1 Å². The topological polar surface area (TPSA) is 59.8 Å². The molecule has 0 aliphatic heterocycles. The summed E-state index contributed by atoms with van der Waals surface area (Å²) in [5, 5.41) is 7.77. The van der Waals surface area contributed by atoms with Gasteiger partial charge >= 0.3 is 0 Å². The van der Waals surface area contributed by atoms with Crippen LogP contribution in [0.1, 0.15) is 10.5 Å². The van der Waals surface area contributed by atoms with Crippen LogP contribution in [0.5, 0.6) is 0 Å². The van der Waals surface area contributed by atoms with Crippen LogP contribution >= 0.6 is 11.6 Å². The first-order valence-corrected chi connectivity index (χ1v) is 7.03. The lowest BCUT2D eigenvalue weighted by Crippen LogP contribution is -2.15. The fraction of sp³-hybridized carbons (Fsp3) is 0.0625. The first-order valence-electron chi connectivity index (χ1n) is 6.65. The summed E-state index contributed by atoms with van der Waals surface area (Å²) in [6.07, 6.45) is 3.24. The van der Waals surface area contributed by atoms with Gasteiger partial charge < -0.3 is 5.32 Å². The first-order chi connectivity index (χ1) is 10.6. The third-order valence-electron chi connectivity index (χ3n) is 3.20. The molecule has 2 heterocycles. The third kappa shape index (κ3) is 2.84. The van der Waals surface area contributed by atoms with Crippen molar-refractivity contribution in [3.05, 3.63) is 65.6 Å². The van der Waals surface area contributed by atoms with Gasteiger partial charge in [-0.2, -0.15) is 5.10 Å². The Labute approximate surface area is 132 Å². The van der Waals surface area contributed by atoms with Crippen molar-refractivity contribution >= 4 is 23.2 Å². The molecule has 110 valence electrons. The summed E-state index contributed by atoms with van der Waals surface area (Å²) in [4.78, 5) is 16.3. The fourth-order valence-corrected chi connectivity index (χ4v) is 2.34. The quantitative estimate of drug-likeness (QED) is 0.806. The number of pyridine rings is 1. The highest BCUT2D eigenvalue weighted by Crippen LogP contribution is 2.27. The van der Waals surface area contributed by atoms with Crippen LogP contribution in [0.15, 0.2) is 54.9 Å². The lowest BCUT2D eigenvalue weighted by molar-refractivity contribution is 0.101. The Morgan fingerprint density at radius 2 is 1.91 bits per heavy atom. The SMILES string of the molecule is Cn1nc(-c2ccccc2Cl)cc1C(=O)Nc1ccncc1. The second-order valence-corrected chi connectivity index (χ2v) is 5.12. The highest BCUT2D eigenvalue weighted by molar-refractivity contribution is 6.33. The number of nitrogens with one attached hydrogen (secondary N) is 1. The van der Waals surface area contributed by atoms with Gasteiger partial charge in [0, 0.05) is 30.7 Å². The molecule has 0 radical (unpaired) electrons. The summed E-state index contributed by atoms with van der Waals surface area (Å²) in [5.41, 5.74) is 2.59. The van der Waals surface area contributed by atoms with Crippen molar-refractivity contribution in [3.8, 4) is 11.3 Å². The van der Waals surface area contributed by atoms with E-state index in [1.165, 1.54) is 4.68 Å². The van der Waals surface area contributed by atoms with Gasteiger partial charge in [-0.15, -0.1) is 0 Å². The molecule has 0 aliphatic carbocycles. The average Bonchev–Trinajstić information content (AvgIpc) is 2.90. The van der Waals surface area contributed by atoms with Crippen molar-refractivity contribution in [1.29, 1.82) is 0 Å². The maximum atomic E-state index is 12.3. The minimum atomic E-state index is -0.237. The van der Waals surface area contributed by atoms with Gasteiger partial charge in [-0.1, -0.05) is 29.8 Å². The average molecular weight is 313 g/mol. The molecule has 1 aromatic carbocycles. The van der Waals surface area contributed by atoms with E-state index in [1.807, 2.05) is 18.2 Å². The van der Waals surface area contributed by atoms with E-state index in [0.717, 1.165) is 5.56 Å². The van der Waals surface area contributed by atoms with E-state index in [-0.39, 0.29) is 5.91 Å². The zero-order valence-corrected chi connectivity index (χ0v) is 12.6. The van der Waals surface area contributed by atoms with E-state index in [4.69, 9.17) is 11.6 Å². The van der Waals surface area contributed by atoms with Crippen molar-refractivity contribution in [2.45, 2.75) is 0 Å². The number of rotatable bonds is 3. The monoisotopic (exact) mass is 312 g/mol. The van der Waals surface area contributed by atoms with E-state index < -0.39 is 0 Å². The lowest BCUT2D eigenvalue weighted by Gasteiger charge is -2.04. The van der Waals surface area contributed by atoms with Gasteiger partial charge in [0.15, 0.2) is 0 Å². The van der Waals surface area contributed by atoms with Crippen LogP contribution in [0.2, 0.25) is 5.02 Å². The molecule has 6 heteroatoms. The number of carbonyl (C=O) groups is 1. The zero-order chi connectivity index (χ0) is 15.5. The highest BCUT2D eigenvalue weighted by atomic mass is 35.5. The summed E-state index contributed by atoms with van der Waals surface area (Å²) in [7, 11) is 1.72. The Morgan fingerprint density at radius 3 is 2.64 bits per heavy atom. The molecule has 0 unspecified atom stereocenters. The maximum Gasteiger partial charge on any atom is 0.273 e. The molecular weight excluding hydrogens is 300 g/mol. The number of aromatic nitrogens is 3. The minimum Gasteiger partial charge on any atom is -0.321 e. The van der Waals surface area contributed by atoms with Gasteiger partial charge in [0.05, 0.1) is 10.7 Å². The lowest BCUT2D eigenvalue weighted by atomic mass is 10.1. The molecule has 0 atom stereocenters. The van der Waals surface area contributed by atoms with Crippen molar-refractivity contribution in [2.75, 3.05) is 5.32 Å². The summed E-state index contributed by atoms with van der Waals surface area (Å²) >= 11 is 6.17. The van der Waals surface area contributed by atoms with E-state index in [9.17, 15) is 4.79 Å². The first kappa shape index (κ1) is 14.3. The molecule has 22 heavy (non-hydrogen) atoms. The van der Waals surface area contributed by atoms with Crippen molar-refractivity contribution in [1.82, 2.24) is 14.8 Å². The van der Waals surface area contributed by atoms with Crippen LogP contribution < -0.4 is 5.32 Å². The number of carbonyl (C=O) groups excluding carboxylic acids is 1. The number of hydrogen-bond donors (Lipinski definition) is 1. The number of amides is 1. The molecule has 2 aromatic heterocycles. The second kappa shape index (κ2) is 5.99. The normalized spacial score (nSPS) is 10.5. The van der Waals surface area contributed by atoms with Crippen molar-refractivity contribution in [2.24, 2.45) is 7.05 Å². The summed E-state index contributed by atoms with van der Waals surface area (Å²) in [5.74, 6) is -0.237. The highest BCUT2D eigenvalue weighted by Gasteiger charge is 2.15. The molecule has 0 bridgehead atoms. The van der Waals surface area contributed by atoms with Gasteiger partial charge in [-0.05, 0) is 24.3 Å². The molecule has 5 nitrogen and oxygen atoms in total. The smallest absolute Gasteiger partial charge is 0.273 e. The molecular formula is C16H13ClN4O. The van der Waals surface area contributed by atoms with Crippen LogP contribution in [0.25, 0.3) is 11.3 Å². The Kier molecular flexibility index (Phi) is 3.89. The molecule has 1 N–H and O–H groups in total. The van der Waals surface area contributed by atoms with Crippen LogP contribution in [0.3, 0.4) is 0 Å². The number of hydrogen-bond acceptors (Lipinski definition) is 3. The van der Waals surface area contributed by atoms with Gasteiger partial charge in [0.1, 0.15) is 5.69 Å². The summed E-state index contributed by atoms with van der Waals surface area (Å²) in [6, 6.07) is 12.6. The van der Waals surface area contributed by atoms with Gasteiger partial charge in [0.25, 0.3) is 5.91 Å². The molecule has 0 aliphatic rings. The van der Waals surface area contributed by atoms with E-state index in [2.05, 4.69) is 15.4 Å². The number of benzene rings is 1. The fourth-order valence-electron chi connectivity index (χ4n) is 2.11. The van der Waals surface area contributed by atoms with Crippen molar-refractivity contribution < 1.29 is 4.79 Å². The van der Waals surface area contributed by atoms with E-state index >= 15 is 0 Å². The Morgan fingerprint density at radius 1 is 1.18 bits per heavy atom. The zero-order valence-electron chi connectivity index (χ0n) is 11.8. The van der Waals surface area contributed by atoms with Gasteiger partial charge in [0.2, 0.25) is 0 Å². The number of aryl methyl sites for hydroxylation is 1. The molecule has 1 amide bonds. The molecule has 0 fully saturated rings. The van der Waals surface area contributed by atoms with Crippen LogP contribution in [-0.2, 0) is 7.05 Å². The van der Waals surface area contributed by atoms with Crippen LogP contribution in [-0.4, -0.2) is 20.7 Å². The molecule has 0 spiro atoms. The van der Waals surface area contributed by atoms with E-state index in [1.54, 1.807) is 43.7 Å². The van der Waals surface area contributed by atoms with Crippen LogP contribution in [0, 0.1) is 0 Å².